The number of Topliss-reactive ketones (excluding diaryl/α,β-unsaturated/α-hetero) is 1. The van der Waals surface area contributed by atoms with Crippen molar-refractivity contribution in [2.45, 2.75) is 46.0 Å². The lowest BCUT2D eigenvalue weighted by molar-refractivity contribution is -0.156. The van der Waals surface area contributed by atoms with E-state index in [0.29, 0.717) is 31.7 Å². The van der Waals surface area contributed by atoms with Gasteiger partial charge in [-0.05, 0) is 57.2 Å². The Balaban J connectivity index is 1.38. The molecule has 2 aliphatic carbocycles. The number of nitrogens with zero attached hydrogens (tertiary/aromatic N) is 1. The van der Waals surface area contributed by atoms with Gasteiger partial charge in [-0.2, -0.15) is 0 Å². The first-order valence-electron chi connectivity index (χ1n) is 10.8. The number of ether oxygens (including phenoxy) is 1. The van der Waals surface area contributed by atoms with Gasteiger partial charge in [-0.1, -0.05) is 18.6 Å². The molecule has 1 unspecified atom stereocenters. The number of anilines is 1. The van der Waals surface area contributed by atoms with E-state index in [2.05, 4.69) is 42.3 Å². The Bertz CT molecular complexity index is 732. The lowest BCUT2D eigenvalue weighted by atomic mass is 9.67. The zero-order chi connectivity index (χ0) is 20.8. The molecule has 158 valence electrons. The van der Waals surface area contributed by atoms with Crippen LogP contribution in [0.2, 0.25) is 0 Å². The Morgan fingerprint density at radius 1 is 1.21 bits per heavy atom. The Kier molecular flexibility index (Phi) is 7.29. The highest BCUT2D eigenvalue weighted by molar-refractivity contribution is 5.88. The lowest BCUT2D eigenvalue weighted by Crippen LogP contribution is -2.40. The van der Waals surface area contributed by atoms with Crippen molar-refractivity contribution in [2.75, 3.05) is 31.1 Å². The van der Waals surface area contributed by atoms with E-state index < -0.39 is 0 Å². The van der Waals surface area contributed by atoms with Crippen LogP contribution >= 0.6 is 0 Å². The molecule has 3 rings (SSSR count). The molecule has 0 spiro atoms. The molecule has 1 aromatic rings. The zero-order valence-corrected chi connectivity index (χ0v) is 17.5. The Hall–Kier alpha value is -2.37. The van der Waals surface area contributed by atoms with Crippen molar-refractivity contribution in [1.29, 1.82) is 0 Å². The smallest absolute Gasteiger partial charge is 0.309 e. The van der Waals surface area contributed by atoms with Gasteiger partial charge in [0.15, 0.2) is 6.61 Å². The number of benzene rings is 1. The summed E-state index contributed by atoms with van der Waals surface area (Å²) in [5, 5.41) is 2.83. The number of nitrogens with one attached hydrogen (secondary N) is 1. The summed E-state index contributed by atoms with van der Waals surface area (Å²) in [4.78, 5) is 38.8. The van der Waals surface area contributed by atoms with E-state index >= 15 is 0 Å². The number of fused-ring (bicyclic) bond motifs is 2. The van der Waals surface area contributed by atoms with Crippen LogP contribution in [0.1, 0.15) is 44.6 Å². The van der Waals surface area contributed by atoms with Gasteiger partial charge in [-0.3, -0.25) is 14.4 Å². The highest BCUT2D eigenvalue weighted by Crippen LogP contribution is 2.40. The molecule has 1 amide bonds. The number of carbonyl (C=O) groups excluding carboxylic acids is 3. The molecule has 2 bridgehead atoms. The Morgan fingerprint density at radius 3 is 2.59 bits per heavy atom. The molecular formula is C23H32N2O4. The van der Waals surface area contributed by atoms with Gasteiger partial charge in [0.2, 0.25) is 0 Å². The predicted molar refractivity (Wildman–Crippen MR) is 112 cm³/mol. The van der Waals surface area contributed by atoms with Gasteiger partial charge in [0, 0.05) is 37.2 Å². The van der Waals surface area contributed by atoms with E-state index in [1.807, 2.05) is 6.07 Å². The average molecular weight is 401 g/mol. The summed E-state index contributed by atoms with van der Waals surface area (Å²) in [5.74, 6) is -0.517. The molecular weight excluding hydrogens is 368 g/mol. The molecule has 29 heavy (non-hydrogen) atoms. The van der Waals surface area contributed by atoms with Gasteiger partial charge in [0.1, 0.15) is 5.78 Å². The number of hydrogen-bond donors (Lipinski definition) is 1. The molecule has 3 atom stereocenters. The minimum atomic E-state index is -0.334. The van der Waals surface area contributed by atoms with Gasteiger partial charge in [0.05, 0.1) is 5.92 Å². The molecule has 0 aromatic heterocycles. The van der Waals surface area contributed by atoms with Crippen LogP contribution < -0.4 is 10.2 Å². The normalized spacial score (nSPS) is 23.4. The van der Waals surface area contributed by atoms with E-state index in [1.54, 1.807) is 0 Å². The number of carbonyl (C=O) groups is 3. The number of rotatable bonds is 8. The maximum Gasteiger partial charge on any atom is 0.309 e. The second-order valence-electron chi connectivity index (χ2n) is 8.27. The van der Waals surface area contributed by atoms with Crippen LogP contribution in [0.3, 0.4) is 0 Å². The summed E-state index contributed by atoms with van der Waals surface area (Å²) in [6, 6.07) is 8.27. The number of ketones is 1. The fourth-order valence-corrected chi connectivity index (χ4v) is 4.60. The average Bonchev–Trinajstić information content (AvgIpc) is 2.69. The summed E-state index contributed by atoms with van der Waals surface area (Å²) >= 11 is 0. The maximum absolute atomic E-state index is 12.4. The SMILES string of the molecule is CCN(CCNC(=O)COC(=O)C1C[C@H]2CCC[C@@H](C1)C2=O)c1cccc(C)c1. The lowest BCUT2D eigenvalue weighted by Gasteiger charge is -2.36. The molecule has 0 saturated heterocycles. The van der Waals surface area contributed by atoms with Gasteiger partial charge in [0.25, 0.3) is 5.91 Å². The van der Waals surface area contributed by atoms with Crippen molar-refractivity contribution in [3.8, 4) is 0 Å². The predicted octanol–water partition coefficient (Wildman–Crippen LogP) is 2.88. The summed E-state index contributed by atoms with van der Waals surface area (Å²) in [6.07, 6.45) is 4.00. The third-order valence-corrected chi connectivity index (χ3v) is 6.18. The van der Waals surface area contributed by atoms with Crippen molar-refractivity contribution < 1.29 is 19.1 Å². The van der Waals surface area contributed by atoms with E-state index in [4.69, 9.17) is 4.74 Å². The third-order valence-electron chi connectivity index (χ3n) is 6.18. The first-order valence-corrected chi connectivity index (χ1v) is 10.8. The van der Waals surface area contributed by atoms with E-state index in [9.17, 15) is 14.4 Å². The number of amides is 1. The number of hydrogen-bond acceptors (Lipinski definition) is 5. The van der Waals surface area contributed by atoms with E-state index in [0.717, 1.165) is 31.5 Å². The van der Waals surface area contributed by atoms with Crippen LogP contribution in [0.15, 0.2) is 24.3 Å². The van der Waals surface area contributed by atoms with E-state index in [-0.39, 0.29) is 36.2 Å². The van der Waals surface area contributed by atoms with Gasteiger partial charge in [-0.25, -0.2) is 0 Å². The molecule has 0 radical (unpaired) electrons. The molecule has 0 heterocycles. The number of esters is 1. The van der Waals surface area contributed by atoms with Crippen LogP contribution in [0, 0.1) is 24.7 Å². The van der Waals surface area contributed by atoms with Crippen LogP contribution in [-0.2, 0) is 19.1 Å². The Labute approximate surface area is 173 Å². The fourth-order valence-electron chi connectivity index (χ4n) is 4.60. The largest absolute Gasteiger partial charge is 0.455 e. The molecule has 2 fully saturated rings. The summed E-state index contributed by atoms with van der Waals surface area (Å²) in [5.41, 5.74) is 2.33. The maximum atomic E-state index is 12.4. The van der Waals surface area contributed by atoms with Gasteiger partial charge in [-0.15, -0.1) is 0 Å². The van der Waals surface area contributed by atoms with Crippen molar-refractivity contribution in [2.24, 2.45) is 17.8 Å². The van der Waals surface area contributed by atoms with Crippen LogP contribution in [0.5, 0.6) is 0 Å². The molecule has 0 aliphatic heterocycles. The number of likely N-dealkylation sites (N-methyl/N-ethyl adjacent to an activating group) is 1. The van der Waals surface area contributed by atoms with Crippen LogP contribution in [-0.4, -0.2) is 43.9 Å². The topological polar surface area (TPSA) is 75.7 Å². The van der Waals surface area contributed by atoms with Crippen molar-refractivity contribution >= 4 is 23.3 Å². The van der Waals surface area contributed by atoms with Crippen molar-refractivity contribution in [3.05, 3.63) is 29.8 Å². The minimum Gasteiger partial charge on any atom is -0.455 e. The standard InChI is InChI=1S/C23H32N2O4/c1-3-25(20-9-4-6-16(2)12-20)11-10-24-21(26)15-29-23(28)19-13-17-7-5-8-18(14-19)22(17)27/h4,6,9,12,17-19H,3,5,7-8,10-11,13-15H2,1-2H3,(H,24,26)/t17-,18+,19?. The second-order valence-corrected chi connectivity index (χ2v) is 8.27. The van der Waals surface area contributed by atoms with Crippen molar-refractivity contribution in [3.63, 3.8) is 0 Å². The minimum absolute atomic E-state index is 0.00975. The highest BCUT2D eigenvalue weighted by atomic mass is 16.5. The van der Waals surface area contributed by atoms with Gasteiger partial charge < -0.3 is 15.0 Å². The summed E-state index contributed by atoms with van der Waals surface area (Å²) < 4.78 is 5.25. The number of aryl methyl sites for hydroxylation is 1. The monoisotopic (exact) mass is 400 g/mol. The second kappa shape index (κ2) is 9.90. The first-order chi connectivity index (χ1) is 14.0. The Morgan fingerprint density at radius 2 is 1.93 bits per heavy atom. The van der Waals surface area contributed by atoms with E-state index in [1.165, 1.54) is 5.56 Å². The third kappa shape index (κ3) is 5.58. The summed E-state index contributed by atoms with van der Waals surface area (Å²) in [6.45, 7) is 5.90. The van der Waals surface area contributed by atoms with Crippen molar-refractivity contribution in [1.82, 2.24) is 5.32 Å². The van der Waals surface area contributed by atoms with Crippen LogP contribution in [0.25, 0.3) is 0 Å². The molecule has 2 aliphatic rings. The molecule has 6 nitrogen and oxygen atoms in total. The quantitative estimate of drug-likeness (QED) is 0.679. The first kappa shape index (κ1) is 21.3. The molecule has 6 heteroatoms. The molecule has 1 N–H and O–H groups in total. The zero-order valence-electron chi connectivity index (χ0n) is 17.5. The fraction of sp³-hybridized carbons (Fsp3) is 0.609. The summed E-state index contributed by atoms with van der Waals surface area (Å²) in [7, 11) is 0. The van der Waals surface area contributed by atoms with Crippen LogP contribution in [0.4, 0.5) is 5.69 Å². The highest BCUT2D eigenvalue weighted by Gasteiger charge is 2.41. The molecule has 2 saturated carbocycles. The van der Waals surface area contributed by atoms with Gasteiger partial charge >= 0.3 is 5.97 Å². The molecule has 1 aromatic carbocycles.